The fraction of sp³-hybridized carbons (Fsp3) is 0.250. The molecule has 0 N–H and O–H groups in total. The second-order valence-corrected chi connectivity index (χ2v) is 3.34. The van der Waals surface area contributed by atoms with Gasteiger partial charge in [-0.3, -0.25) is 10.1 Å². The summed E-state index contributed by atoms with van der Waals surface area (Å²) >= 11 is 3.22. The van der Waals surface area contributed by atoms with E-state index in [1.165, 1.54) is 6.07 Å². The highest BCUT2D eigenvalue weighted by molar-refractivity contribution is 9.10. The SMILES string of the molecule is CCc1cc(Br)cc([N+](=O)[O-])c1. The van der Waals surface area contributed by atoms with E-state index in [0.717, 1.165) is 16.5 Å². The second-order valence-electron chi connectivity index (χ2n) is 2.43. The van der Waals surface area contributed by atoms with Crippen molar-refractivity contribution in [1.29, 1.82) is 0 Å². The van der Waals surface area contributed by atoms with Gasteiger partial charge in [0.2, 0.25) is 0 Å². The third-order valence-corrected chi connectivity index (χ3v) is 2.02. The van der Waals surface area contributed by atoms with Gasteiger partial charge in [0.05, 0.1) is 4.92 Å². The van der Waals surface area contributed by atoms with Crippen LogP contribution in [-0.2, 0) is 6.42 Å². The molecule has 0 aliphatic heterocycles. The summed E-state index contributed by atoms with van der Waals surface area (Å²) in [5, 5.41) is 10.4. The van der Waals surface area contributed by atoms with E-state index >= 15 is 0 Å². The van der Waals surface area contributed by atoms with E-state index in [2.05, 4.69) is 15.9 Å². The first kappa shape index (κ1) is 9.19. The Morgan fingerprint density at radius 2 is 2.17 bits per heavy atom. The highest BCUT2D eigenvalue weighted by Gasteiger charge is 2.06. The minimum Gasteiger partial charge on any atom is -0.258 e. The van der Waals surface area contributed by atoms with Crippen molar-refractivity contribution in [3.05, 3.63) is 38.3 Å². The smallest absolute Gasteiger partial charge is 0.258 e. The van der Waals surface area contributed by atoms with E-state index in [4.69, 9.17) is 0 Å². The highest BCUT2D eigenvalue weighted by Crippen LogP contribution is 2.21. The zero-order valence-electron chi connectivity index (χ0n) is 6.58. The average molecular weight is 230 g/mol. The number of nitrogens with zero attached hydrogens (tertiary/aromatic N) is 1. The Kier molecular flexibility index (Phi) is 2.81. The first-order chi connectivity index (χ1) is 5.63. The lowest BCUT2D eigenvalue weighted by atomic mass is 10.1. The third-order valence-electron chi connectivity index (χ3n) is 1.56. The van der Waals surface area contributed by atoms with Crippen LogP contribution in [0.3, 0.4) is 0 Å². The quantitative estimate of drug-likeness (QED) is 0.579. The van der Waals surface area contributed by atoms with Gasteiger partial charge in [-0.1, -0.05) is 22.9 Å². The molecule has 1 aromatic rings. The number of non-ortho nitro benzene ring substituents is 1. The lowest BCUT2D eigenvalue weighted by Gasteiger charge is -1.97. The summed E-state index contributed by atoms with van der Waals surface area (Å²) in [5.41, 5.74) is 1.11. The van der Waals surface area contributed by atoms with E-state index in [0.29, 0.717) is 0 Å². The summed E-state index contributed by atoms with van der Waals surface area (Å²) in [6.45, 7) is 1.96. The molecule has 0 aromatic heterocycles. The van der Waals surface area contributed by atoms with Gasteiger partial charge in [0.1, 0.15) is 0 Å². The molecule has 0 saturated carbocycles. The number of nitro groups is 1. The molecule has 0 radical (unpaired) electrons. The van der Waals surface area contributed by atoms with Gasteiger partial charge in [-0.25, -0.2) is 0 Å². The lowest BCUT2D eigenvalue weighted by Crippen LogP contribution is -1.89. The van der Waals surface area contributed by atoms with Crippen molar-refractivity contribution in [3.63, 3.8) is 0 Å². The predicted molar refractivity (Wildman–Crippen MR) is 50.2 cm³/mol. The maximum Gasteiger partial charge on any atom is 0.270 e. The second kappa shape index (κ2) is 3.67. The Morgan fingerprint density at radius 3 is 2.67 bits per heavy atom. The van der Waals surface area contributed by atoms with Gasteiger partial charge in [-0.2, -0.15) is 0 Å². The van der Waals surface area contributed by atoms with Crippen LogP contribution in [0.2, 0.25) is 0 Å². The molecule has 0 heterocycles. The van der Waals surface area contributed by atoms with E-state index in [9.17, 15) is 10.1 Å². The van der Waals surface area contributed by atoms with Gasteiger partial charge < -0.3 is 0 Å². The maximum atomic E-state index is 10.4. The molecule has 0 aliphatic carbocycles. The first-order valence-electron chi connectivity index (χ1n) is 3.57. The predicted octanol–water partition coefficient (Wildman–Crippen LogP) is 2.92. The molecule has 64 valence electrons. The molecule has 12 heavy (non-hydrogen) atoms. The summed E-state index contributed by atoms with van der Waals surface area (Å²) in [7, 11) is 0. The molecular formula is C8H8BrNO2. The van der Waals surface area contributed by atoms with Gasteiger partial charge in [0, 0.05) is 16.6 Å². The highest BCUT2D eigenvalue weighted by atomic mass is 79.9. The Balaban J connectivity index is 3.15. The summed E-state index contributed by atoms with van der Waals surface area (Å²) in [6.07, 6.45) is 0.806. The molecule has 0 aliphatic rings. The number of rotatable bonds is 2. The summed E-state index contributed by atoms with van der Waals surface area (Å²) < 4.78 is 0.758. The molecule has 4 heteroatoms. The normalized spacial score (nSPS) is 9.83. The lowest BCUT2D eigenvalue weighted by molar-refractivity contribution is -0.385. The number of aryl methyl sites for hydroxylation is 1. The standard InChI is InChI=1S/C8H8BrNO2/c1-2-6-3-7(9)5-8(4-6)10(11)12/h3-5H,2H2,1H3. The molecule has 0 saturated heterocycles. The van der Waals surface area contributed by atoms with Gasteiger partial charge >= 0.3 is 0 Å². The van der Waals surface area contributed by atoms with Crippen LogP contribution < -0.4 is 0 Å². The molecule has 0 fully saturated rings. The van der Waals surface area contributed by atoms with Crippen molar-refractivity contribution < 1.29 is 4.92 Å². The van der Waals surface area contributed by atoms with Crippen LogP contribution in [0.5, 0.6) is 0 Å². The zero-order chi connectivity index (χ0) is 9.14. The average Bonchev–Trinajstić information content (AvgIpc) is 2.03. The fourth-order valence-electron chi connectivity index (χ4n) is 0.943. The molecule has 0 amide bonds. The van der Waals surface area contributed by atoms with Crippen LogP contribution in [0.15, 0.2) is 22.7 Å². The van der Waals surface area contributed by atoms with Crippen molar-refractivity contribution >= 4 is 21.6 Å². The molecule has 3 nitrogen and oxygen atoms in total. The molecule has 1 aromatic carbocycles. The Labute approximate surface area is 78.7 Å². The third kappa shape index (κ3) is 2.04. The van der Waals surface area contributed by atoms with E-state index < -0.39 is 0 Å². The van der Waals surface area contributed by atoms with Crippen LogP contribution in [-0.4, -0.2) is 4.92 Å². The van der Waals surface area contributed by atoms with Gasteiger partial charge in [-0.05, 0) is 18.1 Å². The van der Waals surface area contributed by atoms with Crippen LogP contribution in [0.1, 0.15) is 12.5 Å². The van der Waals surface area contributed by atoms with Crippen molar-refractivity contribution in [2.45, 2.75) is 13.3 Å². The van der Waals surface area contributed by atoms with Gasteiger partial charge in [-0.15, -0.1) is 0 Å². The minimum atomic E-state index is -0.385. The molecule has 0 unspecified atom stereocenters. The number of hydrogen-bond acceptors (Lipinski definition) is 2. The van der Waals surface area contributed by atoms with Crippen molar-refractivity contribution in [3.8, 4) is 0 Å². The molecule has 0 atom stereocenters. The minimum absolute atomic E-state index is 0.140. The van der Waals surface area contributed by atoms with Crippen molar-refractivity contribution in [2.24, 2.45) is 0 Å². The fourth-order valence-corrected chi connectivity index (χ4v) is 1.47. The molecule has 1 rings (SSSR count). The molecular weight excluding hydrogens is 222 g/mol. The summed E-state index contributed by atoms with van der Waals surface area (Å²) in [4.78, 5) is 10.0. The van der Waals surface area contributed by atoms with Gasteiger partial charge in [0.15, 0.2) is 0 Å². The Morgan fingerprint density at radius 1 is 1.50 bits per heavy atom. The molecule has 0 spiro atoms. The largest absolute Gasteiger partial charge is 0.270 e. The number of nitro benzene ring substituents is 1. The first-order valence-corrected chi connectivity index (χ1v) is 4.36. The number of benzene rings is 1. The van der Waals surface area contributed by atoms with Crippen LogP contribution in [0, 0.1) is 10.1 Å². The van der Waals surface area contributed by atoms with E-state index in [-0.39, 0.29) is 10.6 Å². The Bertz CT molecular complexity index is 312. The zero-order valence-corrected chi connectivity index (χ0v) is 8.17. The van der Waals surface area contributed by atoms with Crippen LogP contribution in [0.25, 0.3) is 0 Å². The number of halogens is 1. The molecule has 0 bridgehead atoms. The topological polar surface area (TPSA) is 43.1 Å². The summed E-state index contributed by atoms with van der Waals surface area (Å²) in [6, 6.07) is 4.97. The van der Waals surface area contributed by atoms with E-state index in [1.807, 2.05) is 13.0 Å². The van der Waals surface area contributed by atoms with Crippen molar-refractivity contribution in [2.75, 3.05) is 0 Å². The maximum absolute atomic E-state index is 10.4. The monoisotopic (exact) mass is 229 g/mol. The van der Waals surface area contributed by atoms with Crippen molar-refractivity contribution in [1.82, 2.24) is 0 Å². The Hall–Kier alpha value is -0.900. The van der Waals surface area contributed by atoms with Gasteiger partial charge in [0.25, 0.3) is 5.69 Å². The number of hydrogen-bond donors (Lipinski definition) is 0. The van der Waals surface area contributed by atoms with E-state index in [1.54, 1.807) is 6.07 Å². The summed E-state index contributed by atoms with van der Waals surface area (Å²) in [5.74, 6) is 0. The van der Waals surface area contributed by atoms with Crippen LogP contribution >= 0.6 is 15.9 Å². The van der Waals surface area contributed by atoms with Crippen LogP contribution in [0.4, 0.5) is 5.69 Å².